The Morgan fingerprint density at radius 1 is 0.792 bits per heavy atom. The van der Waals surface area contributed by atoms with Gasteiger partial charge in [0, 0.05) is 28.5 Å². The van der Waals surface area contributed by atoms with E-state index >= 15 is 0 Å². The molecule has 0 radical (unpaired) electrons. The van der Waals surface area contributed by atoms with E-state index in [1.807, 2.05) is 48.5 Å². The van der Waals surface area contributed by atoms with Crippen LogP contribution in [0.4, 0.5) is 5.69 Å². The van der Waals surface area contributed by atoms with E-state index in [0.717, 1.165) is 21.8 Å². The molecule has 0 amide bonds. The lowest BCUT2D eigenvalue weighted by Gasteiger charge is -2.06. The van der Waals surface area contributed by atoms with Gasteiger partial charge in [0.15, 0.2) is 0 Å². The molecule has 0 aliphatic rings. The molecule has 0 fully saturated rings. The van der Waals surface area contributed by atoms with Crippen LogP contribution in [0.25, 0.3) is 21.8 Å². The highest BCUT2D eigenvalue weighted by Crippen LogP contribution is 2.29. The molecule has 0 spiro atoms. The summed E-state index contributed by atoms with van der Waals surface area (Å²) >= 11 is 0. The summed E-state index contributed by atoms with van der Waals surface area (Å²) in [6.45, 7) is 0. The molecule has 4 aromatic rings. The summed E-state index contributed by atoms with van der Waals surface area (Å²) in [5, 5.41) is 12.8. The van der Waals surface area contributed by atoms with Crippen LogP contribution in [0.15, 0.2) is 72.8 Å². The van der Waals surface area contributed by atoms with Crippen molar-refractivity contribution in [3.63, 3.8) is 0 Å². The SMILES string of the molecule is O=C(c1ccc([N+](=O)[O-])cc1)n1c2ccccc2c2ccccc21. The van der Waals surface area contributed by atoms with Crippen molar-refractivity contribution in [2.24, 2.45) is 0 Å². The van der Waals surface area contributed by atoms with Crippen LogP contribution < -0.4 is 0 Å². The van der Waals surface area contributed by atoms with Crippen LogP contribution in [0.5, 0.6) is 0 Å². The molecular weight excluding hydrogens is 304 g/mol. The summed E-state index contributed by atoms with van der Waals surface area (Å²) in [7, 11) is 0. The Bertz CT molecular complexity index is 1040. The lowest BCUT2D eigenvalue weighted by molar-refractivity contribution is -0.384. The summed E-state index contributed by atoms with van der Waals surface area (Å²) in [6.07, 6.45) is 0. The fraction of sp³-hybridized carbons (Fsp3) is 0. The van der Waals surface area contributed by atoms with Gasteiger partial charge in [-0.3, -0.25) is 19.5 Å². The molecule has 0 saturated heterocycles. The van der Waals surface area contributed by atoms with Crippen molar-refractivity contribution in [3.05, 3.63) is 88.5 Å². The molecular formula is C19H12N2O3. The molecule has 3 aromatic carbocycles. The molecule has 0 saturated carbocycles. The minimum absolute atomic E-state index is 0.0335. The molecule has 5 nitrogen and oxygen atoms in total. The minimum Gasteiger partial charge on any atom is -0.276 e. The van der Waals surface area contributed by atoms with E-state index in [4.69, 9.17) is 0 Å². The first-order valence-corrected chi connectivity index (χ1v) is 7.44. The van der Waals surface area contributed by atoms with Crippen molar-refractivity contribution in [3.8, 4) is 0 Å². The fourth-order valence-electron chi connectivity index (χ4n) is 3.00. The van der Waals surface area contributed by atoms with E-state index in [2.05, 4.69) is 0 Å². The van der Waals surface area contributed by atoms with Gasteiger partial charge in [-0.1, -0.05) is 36.4 Å². The lowest BCUT2D eigenvalue weighted by Crippen LogP contribution is -2.11. The monoisotopic (exact) mass is 316 g/mol. The van der Waals surface area contributed by atoms with Crippen molar-refractivity contribution in [1.82, 2.24) is 4.57 Å². The zero-order chi connectivity index (χ0) is 16.7. The van der Waals surface area contributed by atoms with Crippen LogP contribution in [0.3, 0.4) is 0 Å². The van der Waals surface area contributed by atoms with E-state index in [1.54, 1.807) is 4.57 Å². The zero-order valence-electron chi connectivity index (χ0n) is 12.5. The van der Waals surface area contributed by atoms with Gasteiger partial charge >= 0.3 is 0 Å². The summed E-state index contributed by atoms with van der Waals surface area (Å²) in [5.74, 6) is -0.206. The maximum Gasteiger partial charge on any atom is 0.269 e. The molecule has 0 atom stereocenters. The quantitative estimate of drug-likeness (QED) is 0.407. The smallest absolute Gasteiger partial charge is 0.269 e. The van der Waals surface area contributed by atoms with Crippen molar-refractivity contribution in [2.45, 2.75) is 0 Å². The molecule has 4 rings (SSSR count). The number of hydrogen-bond donors (Lipinski definition) is 0. The highest BCUT2D eigenvalue weighted by molar-refractivity contribution is 6.16. The van der Waals surface area contributed by atoms with Gasteiger partial charge in [0.25, 0.3) is 11.6 Å². The van der Waals surface area contributed by atoms with Crippen LogP contribution in [-0.2, 0) is 0 Å². The number of non-ortho nitro benzene ring substituents is 1. The van der Waals surface area contributed by atoms with Crippen LogP contribution >= 0.6 is 0 Å². The summed E-state index contributed by atoms with van der Waals surface area (Å²) in [6, 6.07) is 21.1. The van der Waals surface area contributed by atoms with Gasteiger partial charge in [-0.25, -0.2) is 0 Å². The fourth-order valence-corrected chi connectivity index (χ4v) is 3.00. The Labute approximate surface area is 136 Å². The number of nitro benzene ring substituents is 1. The van der Waals surface area contributed by atoms with Crippen molar-refractivity contribution < 1.29 is 9.72 Å². The molecule has 5 heteroatoms. The minimum atomic E-state index is -0.477. The highest BCUT2D eigenvalue weighted by Gasteiger charge is 2.17. The van der Waals surface area contributed by atoms with E-state index in [-0.39, 0.29) is 11.6 Å². The molecule has 116 valence electrons. The van der Waals surface area contributed by atoms with Gasteiger partial charge in [-0.05, 0) is 24.3 Å². The number of benzene rings is 3. The Morgan fingerprint density at radius 3 is 1.79 bits per heavy atom. The zero-order valence-corrected chi connectivity index (χ0v) is 12.5. The first-order chi connectivity index (χ1) is 11.7. The Morgan fingerprint density at radius 2 is 1.29 bits per heavy atom. The number of para-hydroxylation sites is 2. The average Bonchev–Trinajstić information content (AvgIpc) is 2.96. The maximum absolute atomic E-state index is 13.0. The average molecular weight is 316 g/mol. The van der Waals surface area contributed by atoms with Crippen LogP contribution in [-0.4, -0.2) is 15.4 Å². The summed E-state index contributed by atoms with van der Waals surface area (Å²) < 4.78 is 1.66. The van der Waals surface area contributed by atoms with Gasteiger partial charge < -0.3 is 0 Å². The largest absolute Gasteiger partial charge is 0.276 e. The number of carbonyl (C=O) groups excluding carboxylic acids is 1. The number of fused-ring (bicyclic) bond motifs is 3. The Hall–Kier alpha value is -3.47. The number of rotatable bonds is 2. The first-order valence-electron chi connectivity index (χ1n) is 7.44. The first kappa shape index (κ1) is 14.1. The van der Waals surface area contributed by atoms with Gasteiger partial charge in [-0.15, -0.1) is 0 Å². The predicted octanol–water partition coefficient (Wildman–Crippen LogP) is 4.39. The maximum atomic E-state index is 13.0. The predicted molar refractivity (Wildman–Crippen MR) is 92.3 cm³/mol. The molecule has 0 bridgehead atoms. The number of aromatic nitrogens is 1. The van der Waals surface area contributed by atoms with Gasteiger partial charge in [0.2, 0.25) is 0 Å². The number of nitrogens with zero attached hydrogens (tertiary/aromatic N) is 2. The van der Waals surface area contributed by atoms with Gasteiger partial charge in [0.05, 0.1) is 16.0 Å². The second kappa shape index (κ2) is 5.31. The number of hydrogen-bond acceptors (Lipinski definition) is 3. The van der Waals surface area contributed by atoms with Crippen molar-refractivity contribution in [2.75, 3.05) is 0 Å². The van der Waals surface area contributed by atoms with E-state index in [9.17, 15) is 14.9 Å². The Kier molecular flexibility index (Phi) is 3.13. The third kappa shape index (κ3) is 2.06. The number of carbonyl (C=O) groups is 1. The molecule has 0 aliphatic carbocycles. The normalized spacial score (nSPS) is 11.0. The topological polar surface area (TPSA) is 65.1 Å². The van der Waals surface area contributed by atoms with Crippen LogP contribution in [0.2, 0.25) is 0 Å². The summed E-state index contributed by atoms with van der Waals surface area (Å²) in [4.78, 5) is 23.3. The van der Waals surface area contributed by atoms with Gasteiger partial charge in [0.1, 0.15) is 0 Å². The van der Waals surface area contributed by atoms with Crippen LogP contribution in [0, 0.1) is 10.1 Å². The van der Waals surface area contributed by atoms with E-state index in [0.29, 0.717) is 5.56 Å². The van der Waals surface area contributed by atoms with Crippen molar-refractivity contribution in [1.29, 1.82) is 0 Å². The molecule has 0 N–H and O–H groups in total. The van der Waals surface area contributed by atoms with Gasteiger partial charge in [-0.2, -0.15) is 0 Å². The second-order valence-electron chi connectivity index (χ2n) is 5.48. The molecule has 1 heterocycles. The third-order valence-electron chi connectivity index (χ3n) is 4.11. The van der Waals surface area contributed by atoms with E-state index < -0.39 is 4.92 Å². The summed E-state index contributed by atoms with van der Waals surface area (Å²) in [5.41, 5.74) is 2.02. The van der Waals surface area contributed by atoms with Crippen LogP contribution in [0.1, 0.15) is 10.4 Å². The molecule has 0 unspecified atom stereocenters. The lowest BCUT2D eigenvalue weighted by atomic mass is 10.2. The standard InChI is InChI=1S/C19H12N2O3/c22-19(13-9-11-14(12-10-13)21(23)24)20-17-7-3-1-5-15(17)16-6-2-4-8-18(16)20/h1-12H. The van der Waals surface area contributed by atoms with Crippen molar-refractivity contribution >= 4 is 33.4 Å². The second-order valence-corrected chi connectivity index (χ2v) is 5.48. The van der Waals surface area contributed by atoms with E-state index in [1.165, 1.54) is 24.3 Å². The highest BCUT2D eigenvalue weighted by atomic mass is 16.6. The number of nitro groups is 1. The third-order valence-corrected chi connectivity index (χ3v) is 4.11. The molecule has 1 aromatic heterocycles. The molecule has 0 aliphatic heterocycles. The Balaban J connectivity index is 1.94. The molecule has 24 heavy (non-hydrogen) atoms.